The Morgan fingerprint density at radius 3 is 2.57 bits per heavy atom. The molecule has 1 saturated heterocycles. The van der Waals surface area contributed by atoms with Crippen molar-refractivity contribution in [2.24, 2.45) is 4.99 Å². The molecule has 1 atom stereocenters. The molecule has 0 N–H and O–H groups in total. The molecule has 2 aliphatic rings. The van der Waals surface area contributed by atoms with Crippen molar-refractivity contribution in [1.82, 2.24) is 9.80 Å². The van der Waals surface area contributed by atoms with Gasteiger partial charge in [-0.3, -0.25) is 4.79 Å². The number of nitrogens with zero attached hydrogens (tertiary/aromatic N) is 3. The van der Waals surface area contributed by atoms with Crippen LogP contribution in [0.2, 0.25) is 0 Å². The van der Waals surface area contributed by atoms with Gasteiger partial charge in [0.15, 0.2) is 0 Å². The maximum atomic E-state index is 14.9. The molecule has 1 unspecified atom stereocenters. The van der Waals surface area contributed by atoms with Crippen molar-refractivity contribution in [3.05, 3.63) is 91.5 Å². The van der Waals surface area contributed by atoms with Crippen molar-refractivity contribution in [2.75, 3.05) is 39.8 Å². The zero-order valence-electron chi connectivity index (χ0n) is 24.4. The Kier molecular flexibility index (Phi) is 11.8. The minimum atomic E-state index is -3.32. The van der Waals surface area contributed by atoms with Gasteiger partial charge in [-0.25, -0.2) is 13.8 Å². The van der Waals surface area contributed by atoms with Crippen LogP contribution < -0.4 is 4.74 Å². The smallest absolute Gasteiger partial charge is 0.283 e. The molecular formula is C32H36F4N3O2PS2. The van der Waals surface area contributed by atoms with Crippen molar-refractivity contribution in [2.45, 2.75) is 37.5 Å². The van der Waals surface area contributed by atoms with Crippen LogP contribution in [0.5, 0.6) is 5.75 Å². The minimum Gasteiger partial charge on any atom is -0.489 e. The van der Waals surface area contributed by atoms with E-state index in [1.165, 1.54) is 65.4 Å². The van der Waals surface area contributed by atoms with Gasteiger partial charge in [-0.2, -0.15) is 8.78 Å². The number of aliphatic imine (C=N–C) groups is 1. The third-order valence-corrected chi connectivity index (χ3v) is 9.17. The zero-order chi connectivity index (χ0) is 31.9. The van der Waals surface area contributed by atoms with Gasteiger partial charge < -0.3 is 14.5 Å². The van der Waals surface area contributed by atoms with Crippen LogP contribution in [0.1, 0.15) is 39.1 Å². The van der Waals surface area contributed by atoms with E-state index in [4.69, 9.17) is 4.74 Å². The summed E-state index contributed by atoms with van der Waals surface area (Å²) in [7, 11) is 3.56. The highest BCUT2D eigenvalue weighted by Gasteiger charge is 2.37. The molecule has 44 heavy (non-hydrogen) atoms. The summed E-state index contributed by atoms with van der Waals surface area (Å²) in [5.74, 6) is -3.53. The molecule has 2 aliphatic heterocycles. The molecule has 1 amide bonds. The van der Waals surface area contributed by atoms with Gasteiger partial charge in [0, 0.05) is 55.1 Å². The second kappa shape index (κ2) is 15.1. The average molecular weight is 666 g/mol. The summed E-state index contributed by atoms with van der Waals surface area (Å²) in [6.45, 7) is 9.11. The highest BCUT2D eigenvalue weighted by atomic mass is 32.1. The molecule has 0 saturated carbocycles. The third-order valence-electron chi connectivity index (χ3n) is 7.58. The summed E-state index contributed by atoms with van der Waals surface area (Å²) in [6, 6.07) is 12.5. The van der Waals surface area contributed by atoms with E-state index in [1.54, 1.807) is 18.2 Å². The van der Waals surface area contributed by atoms with Crippen LogP contribution in [0.15, 0.2) is 63.8 Å². The van der Waals surface area contributed by atoms with E-state index in [2.05, 4.69) is 58.7 Å². The number of alkyl halides is 4. The molecular weight excluding hydrogens is 629 g/mol. The molecule has 5 nitrogen and oxygen atoms in total. The van der Waals surface area contributed by atoms with Gasteiger partial charge >= 0.3 is 0 Å². The van der Waals surface area contributed by atoms with Gasteiger partial charge in [0.05, 0.1) is 4.91 Å². The minimum absolute atomic E-state index is 0.0533. The van der Waals surface area contributed by atoms with Crippen LogP contribution >= 0.6 is 33.2 Å². The molecule has 0 bridgehead atoms. The molecule has 1 aromatic heterocycles. The topological polar surface area (TPSA) is 45.1 Å². The first kappa shape index (κ1) is 34.3. The number of thiol groups is 1. The summed E-state index contributed by atoms with van der Waals surface area (Å²) in [6.07, 6.45) is 2.03. The summed E-state index contributed by atoms with van der Waals surface area (Å²) >= 11 is 5.93. The number of piperazine rings is 1. The van der Waals surface area contributed by atoms with E-state index in [0.29, 0.717) is 16.9 Å². The van der Waals surface area contributed by atoms with E-state index in [-0.39, 0.29) is 23.5 Å². The number of carbonyl (C=O) groups is 1. The van der Waals surface area contributed by atoms with Crippen LogP contribution in [-0.4, -0.2) is 62.2 Å². The van der Waals surface area contributed by atoms with Crippen LogP contribution in [0.3, 0.4) is 0 Å². The number of hydrogen-bond acceptors (Lipinski definition) is 6. The first-order valence-corrected chi connectivity index (χ1v) is 16.1. The van der Waals surface area contributed by atoms with Crippen molar-refractivity contribution < 1.29 is 27.1 Å². The Morgan fingerprint density at radius 1 is 1.16 bits per heavy atom. The van der Waals surface area contributed by atoms with Crippen molar-refractivity contribution in [3.8, 4) is 5.75 Å². The number of fused-ring (bicyclic) bond motifs is 2. The fraction of sp³-hybridized carbons (Fsp3) is 0.375. The number of amides is 1. The molecule has 1 fully saturated rings. The molecule has 0 aliphatic carbocycles. The maximum Gasteiger partial charge on any atom is 0.283 e. The number of thiophene rings is 1. The van der Waals surface area contributed by atoms with Crippen LogP contribution in [0.4, 0.5) is 17.6 Å². The van der Waals surface area contributed by atoms with Crippen molar-refractivity contribution >= 4 is 51.9 Å². The fourth-order valence-electron chi connectivity index (χ4n) is 4.95. The third kappa shape index (κ3) is 9.47. The average Bonchev–Trinajstić information content (AvgIpc) is 3.53. The van der Waals surface area contributed by atoms with Gasteiger partial charge in [0.2, 0.25) is 0 Å². The van der Waals surface area contributed by atoms with Gasteiger partial charge in [-0.1, -0.05) is 33.5 Å². The lowest BCUT2D eigenvalue weighted by Gasteiger charge is -2.32. The highest BCUT2D eigenvalue weighted by molar-refractivity contribution is 7.85. The van der Waals surface area contributed by atoms with E-state index in [9.17, 15) is 22.4 Å². The van der Waals surface area contributed by atoms with Gasteiger partial charge in [-0.05, 0) is 79.0 Å². The predicted molar refractivity (Wildman–Crippen MR) is 177 cm³/mol. The largest absolute Gasteiger partial charge is 0.489 e. The summed E-state index contributed by atoms with van der Waals surface area (Å²) < 4.78 is 62.9. The SMILES string of the molecule is C=NC(=O)/C(S)=C/c1ccc2c(c1)CCC(F)(F)c1cc(C(F)(F)P)ccc1CO2.CN1CCN(CCc2cccs2)CC1. The van der Waals surface area contributed by atoms with Gasteiger partial charge in [-0.15, -0.1) is 24.0 Å². The Balaban J connectivity index is 0.000000262. The Hall–Kier alpha value is -2.56. The monoisotopic (exact) mass is 665 g/mol. The zero-order valence-corrected chi connectivity index (χ0v) is 27.3. The summed E-state index contributed by atoms with van der Waals surface area (Å²) in [5.41, 5.74) is -3.06. The number of aryl methyl sites for hydroxylation is 1. The van der Waals surface area contributed by atoms with Crippen LogP contribution in [0.25, 0.3) is 6.08 Å². The molecule has 0 radical (unpaired) electrons. The van der Waals surface area contributed by atoms with E-state index >= 15 is 0 Å². The number of halogens is 4. The molecule has 236 valence electrons. The summed E-state index contributed by atoms with van der Waals surface area (Å²) in [5, 5.41) is 2.17. The number of likely N-dealkylation sites (N-methyl/N-ethyl adjacent to an activating group) is 1. The lowest BCUT2D eigenvalue weighted by molar-refractivity contribution is -0.113. The molecule has 5 rings (SSSR count). The number of carbonyl (C=O) groups excluding carboxylic acids is 1. The second-order valence-corrected chi connectivity index (χ2v) is 13.1. The molecule has 3 heterocycles. The second-order valence-electron chi connectivity index (χ2n) is 10.8. The van der Waals surface area contributed by atoms with Crippen LogP contribution in [0, 0.1) is 0 Å². The van der Waals surface area contributed by atoms with E-state index in [1.807, 2.05) is 11.3 Å². The van der Waals surface area contributed by atoms with Crippen molar-refractivity contribution in [3.63, 3.8) is 0 Å². The number of ether oxygens (including phenoxy) is 1. The molecule has 3 aromatic rings. The van der Waals surface area contributed by atoms with Crippen molar-refractivity contribution in [1.29, 1.82) is 0 Å². The lowest BCUT2D eigenvalue weighted by Crippen LogP contribution is -2.45. The van der Waals surface area contributed by atoms with E-state index in [0.717, 1.165) is 12.1 Å². The number of benzene rings is 2. The van der Waals surface area contributed by atoms with Gasteiger partial charge in [0.1, 0.15) is 12.4 Å². The highest BCUT2D eigenvalue weighted by Crippen LogP contribution is 2.42. The standard InChI is InChI=1S/C21H18F4NO2PS.C11H18N2S/c1-26-19(27)18(30)9-12-2-5-17-13(8-12)6-7-20(22,23)16-10-15(21(24,25)29)4-3-14(16)11-28-17;1-12-6-8-13(9-7-12)5-4-11-3-2-10-14-11/h2-5,8-10,30H,1,6-7,11,29H2;2-3,10H,4-9H2,1H3/b18-9-;. The number of rotatable bonds is 6. The quantitative estimate of drug-likeness (QED) is 0.0990. The fourth-order valence-corrected chi connectivity index (χ4v) is 6.05. The Morgan fingerprint density at radius 2 is 1.91 bits per heavy atom. The molecule has 12 heteroatoms. The van der Waals surface area contributed by atoms with Crippen LogP contribution in [-0.2, 0) is 35.8 Å². The first-order chi connectivity index (χ1) is 20.9. The van der Waals surface area contributed by atoms with E-state index < -0.39 is 35.0 Å². The van der Waals surface area contributed by atoms with Gasteiger partial charge in [0.25, 0.3) is 17.5 Å². The maximum absolute atomic E-state index is 14.9. The lowest BCUT2D eigenvalue weighted by atomic mass is 9.94. The Bertz CT molecular complexity index is 1470. The number of hydrogen-bond donors (Lipinski definition) is 1. The molecule has 0 spiro atoms. The molecule has 2 aromatic carbocycles. The summed E-state index contributed by atoms with van der Waals surface area (Å²) in [4.78, 5) is 21.3. The first-order valence-electron chi connectivity index (χ1n) is 14.1. The normalized spacial score (nSPS) is 17.5. The Labute approximate surface area is 267 Å². The predicted octanol–water partition coefficient (Wildman–Crippen LogP) is 7.26.